The molecule has 0 atom stereocenters. The van der Waals surface area contributed by atoms with Crippen molar-refractivity contribution in [1.29, 1.82) is 0 Å². The van der Waals surface area contributed by atoms with Gasteiger partial charge in [0.2, 0.25) is 13.6 Å². The van der Waals surface area contributed by atoms with E-state index in [2.05, 4.69) is 13.2 Å². The number of fused-ring (bicyclic) bond motifs is 2. The van der Waals surface area contributed by atoms with E-state index in [4.69, 9.17) is 28.4 Å². The molecule has 5 rings (SSSR count). The van der Waals surface area contributed by atoms with Crippen LogP contribution in [0.2, 0.25) is 0 Å². The second kappa shape index (κ2) is 15.1. The molecule has 0 heterocycles. The first-order valence-corrected chi connectivity index (χ1v) is 14.5. The number of carbonyl (C=O) groups excluding carboxylic acids is 4. The maximum atomic E-state index is 14.1. The van der Waals surface area contributed by atoms with Gasteiger partial charge in [0.15, 0.2) is 0 Å². The zero-order valence-electron chi connectivity index (χ0n) is 25.9. The molecule has 0 spiro atoms. The van der Waals surface area contributed by atoms with Crippen LogP contribution in [0.15, 0.2) is 116 Å². The van der Waals surface area contributed by atoms with Gasteiger partial charge in [0, 0.05) is 12.2 Å². The van der Waals surface area contributed by atoms with E-state index in [1.807, 2.05) is 0 Å². The Morgan fingerprint density at radius 3 is 1.48 bits per heavy atom. The van der Waals surface area contributed by atoms with Gasteiger partial charge in [-0.3, -0.25) is 0 Å². The minimum absolute atomic E-state index is 0.0270. The lowest BCUT2D eigenvalue weighted by atomic mass is 10.1. The van der Waals surface area contributed by atoms with Gasteiger partial charge in [-0.05, 0) is 88.3 Å². The summed E-state index contributed by atoms with van der Waals surface area (Å²) >= 11 is 0. The smallest absolute Gasteiger partial charge is 0.420 e. The summed E-state index contributed by atoms with van der Waals surface area (Å²) in [7, 11) is 0. The third-order valence-corrected chi connectivity index (χ3v) is 6.95. The second-order valence-corrected chi connectivity index (χ2v) is 10.2. The zero-order chi connectivity index (χ0) is 35.8. The fourth-order valence-electron chi connectivity index (χ4n) is 4.52. The van der Waals surface area contributed by atoms with E-state index in [0.717, 1.165) is 24.3 Å². The predicted octanol–water partition coefficient (Wildman–Crippen LogP) is 7.58. The Hall–Kier alpha value is -6.63. The Labute approximate surface area is 281 Å². The number of rotatable bonds is 12. The van der Waals surface area contributed by atoms with Gasteiger partial charge in [-0.15, -0.1) is 0 Å². The van der Waals surface area contributed by atoms with Crippen molar-refractivity contribution in [2.24, 2.45) is 0 Å². The van der Waals surface area contributed by atoms with Gasteiger partial charge in [0.05, 0.1) is 11.1 Å². The molecule has 254 valence electrons. The molecule has 0 radical (unpaired) electrons. The lowest BCUT2D eigenvalue weighted by Gasteiger charge is -2.15. The van der Waals surface area contributed by atoms with Crippen LogP contribution in [0.1, 0.15) is 26.3 Å². The summed E-state index contributed by atoms with van der Waals surface area (Å²) in [6.07, 6.45) is -2.98. The van der Waals surface area contributed by atoms with E-state index in [1.165, 1.54) is 24.3 Å². The molecule has 50 heavy (non-hydrogen) atoms. The van der Waals surface area contributed by atoms with Crippen LogP contribution in [0.5, 0.6) is 23.0 Å². The lowest BCUT2D eigenvalue weighted by Crippen LogP contribution is -2.15. The highest BCUT2D eigenvalue weighted by Crippen LogP contribution is 2.39. The van der Waals surface area contributed by atoms with Crippen LogP contribution >= 0.6 is 0 Å². The summed E-state index contributed by atoms with van der Waals surface area (Å²) < 4.78 is 72.8. The van der Waals surface area contributed by atoms with Crippen LogP contribution in [-0.2, 0) is 25.2 Å². The van der Waals surface area contributed by atoms with Crippen molar-refractivity contribution < 1.29 is 60.8 Å². The SMILES string of the molecule is C=CC(=O)OCOc1ccc2cc(C(=O)Oc3ccc(OC(=O)c4ccc5cc(OCOC(=O)C=C)ccc5c4)c(C(F)(F)F)c3)ccc2c1. The summed E-state index contributed by atoms with van der Waals surface area (Å²) in [5, 5.41) is 2.45. The molecular weight excluding hydrogens is 661 g/mol. The van der Waals surface area contributed by atoms with Gasteiger partial charge in [-0.2, -0.15) is 13.2 Å². The average molecular weight is 687 g/mol. The number of esters is 4. The topological polar surface area (TPSA) is 124 Å². The van der Waals surface area contributed by atoms with Crippen molar-refractivity contribution in [2.75, 3.05) is 13.6 Å². The molecule has 0 fully saturated rings. The van der Waals surface area contributed by atoms with Crippen molar-refractivity contribution in [2.45, 2.75) is 6.18 Å². The van der Waals surface area contributed by atoms with Crippen LogP contribution in [0.4, 0.5) is 13.2 Å². The van der Waals surface area contributed by atoms with Crippen LogP contribution in [0, 0.1) is 0 Å². The van der Waals surface area contributed by atoms with Gasteiger partial charge < -0.3 is 28.4 Å². The summed E-state index contributed by atoms with van der Waals surface area (Å²) in [6, 6.07) is 21.0. The van der Waals surface area contributed by atoms with Crippen molar-refractivity contribution in [3.05, 3.63) is 133 Å². The third kappa shape index (κ3) is 8.63. The monoisotopic (exact) mass is 686 g/mol. The van der Waals surface area contributed by atoms with Gasteiger partial charge in [0.25, 0.3) is 0 Å². The number of ether oxygens (including phenoxy) is 6. The minimum atomic E-state index is -4.97. The van der Waals surface area contributed by atoms with E-state index in [0.29, 0.717) is 39.1 Å². The van der Waals surface area contributed by atoms with Gasteiger partial charge in [0.1, 0.15) is 28.6 Å². The Kier molecular flexibility index (Phi) is 10.5. The molecule has 0 N–H and O–H groups in total. The number of carbonyl (C=O) groups is 4. The van der Waals surface area contributed by atoms with Crippen LogP contribution in [0.3, 0.4) is 0 Å². The normalized spacial score (nSPS) is 10.9. The third-order valence-electron chi connectivity index (χ3n) is 6.95. The van der Waals surface area contributed by atoms with Crippen molar-refractivity contribution in [3.8, 4) is 23.0 Å². The average Bonchev–Trinajstić information content (AvgIpc) is 3.11. The maximum absolute atomic E-state index is 14.1. The first-order valence-electron chi connectivity index (χ1n) is 14.5. The molecule has 0 saturated carbocycles. The van der Waals surface area contributed by atoms with E-state index in [1.54, 1.807) is 48.5 Å². The molecule has 0 bridgehead atoms. The fourth-order valence-corrected chi connectivity index (χ4v) is 4.52. The number of hydrogen-bond acceptors (Lipinski definition) is 10. The van der Waals surface area contributed by atoms with E-state index in [-0.39, 0.29) is 24.7 Å². The molecule has 0 amide bonds. The summed E-state index contributed by atoms with van der Waals surface area (Å²) in [5.74, 6) is -3.75. The molecular formula is C37H25F3O10. The Morgan fingerprint density at radius 2 is 1.00 bits per heavy atom. The standard InChI is InChI=1S/C37H25F3O10/c1-3-33(41)47-20-45-28-11-9-22-15-26(7-5-24(22)17-28)35(43)49-30-13-14-32(31(19-30)37(38,39)40)50-36(44)27-8-6-25-18-29(12-10-23(25)16-27)46-21-48-34(42)4-2/h3-19H,1-2,20-21H2. The Balaban J connectivity index is 1.27. The minimum Gasteiger partial charge on any atom is -0.457 e. The molecule has 5 aromatic carbocycles. The number of hydrogen-bond donors (Lipinski definition) is 0. The first kappa shape index (κ1) is 34.7. The van der Waals surface area contributed by atoms with E-state index in [9.17, 15) is 32.3 Å². The fraction of sp³-hybridized carbons (Fsp3) is 0.0811. The van der Waals surface area contributed by atoms with E-state index < -0.39 is 47.1 Å². The van der Waals surface area contributed by atoms with Crippen LogP contribution in [-0.4, -0.2) is 37.5 Å². The molecule has 10 nitrogen and oxygen atoms in total. The number of alkyl halides is 3. The summed E-state index contributed by atoms with van der Waals surface area (Å²) in [6.45, 7) is 5.89. The van der Waals surface area contributed by atoms with Crippen LogP contribution < -0.4 is 18.9 Å². The number of benzene rings is 5. The summed E-state index contributed by atoms with van der Waals surface area (Å²) in [4.78, 5) is 48.1. The number of halogens is 3. The highest BCUT2D eigenvalue weighted by atomic mass is 19.4. The second-order valence-electron chi connectivity index (χ2n) is 10.2. The highest BCUT2D eigenvalue weighted by molar-refractivity contribution is 5.98. The molecule has 0 aromatic heterocycles. The highest BCUT2D eigenvalue weighted by Gasteiger charge is 2.36. The van der Waals surface area contributed by atoms with Crippen molar-refractivity contribution >= 4 is 45.4 Å². The van der Waals surface area contributed by atoms with Gasteiger partial charge >= 0.3 is 30.1 Å². The Morgan fingerprint density at radius 1 is 0.560 bits per heavy atom. The predicted molar refractivity (Wildman–Crippen MR) is 173 cm³/mol. The van der Waals surface area contributed by atoms with Crippen molar-refractivity contribution in [3.63, 3.8) is 0 Å². The molecule has 0 unspecified atom stereocenters. The molecule has 5 aromatic rings. The molecule has 13 heteroatoms. The van der Waals surface area contributed by atoms with E-state index >= 15 is 0 Å². The molecule has 0 aliphatic heterocycles. The van der Waals surface area contributed by atoms with Gasteiger partial charge in [-0.1, -0.05) is 37.4 Å². The maximum Gasteiger partial charge on any atom is 0.420 e. The molecule has 0 saturated heterocycles. The Bertz CT molecular complexity index is 2140. The zero-order valence-corrected chi connectivity index (χ0v) is 25.9. The lowest BCUT2D eigenvalue weighted by molar-refractivity contribution is -0.145. The largest absolute Gasteiger partial charge is 0.457 e. The molecule has 0 aliphatic rings. The molecule has 0 aliphatic carbocycles. The first-order chi connectivity index (χ1) is 23.9. The quantitative estimate of drug-likeness (QED) is 0.0562. The van der Waals surface area contributed by atoms with Crippen LogP contribution in [0.25, 0.3) is 21.5 Å². The van der Waals surface area contributed by atoms with Crippen molar-refractivity contribution in [1.82, 2.24) is 0 Å². The van der Waals surface area contributed by atoms with Gasteiger partial charge in [-0.25, -0.2) is 19.2 Å². The summed E-state index contributed by atoms with van der Waals surface area (Å²) in [5.41, 5.74) is -1.30.